The summed E-state index contributed by atoms with van der Waals surface area (Å²) >= 11 is 0. The van der Waals surface area contributed by atoms with E-state index in [4.69, 9.17) is 0 Å². The summed E-state index contributed by atoms with van der Waals surface area (Å²) in [6.07, 6.45) is 0.329. The van der Waals surface area contributed by atoms with Crippen LogP contribution in [0.4, 0.5) is 0 Å². The monoisotopic (exact) mass is 310 g/mol. The van der Waals surface area contributed by atoms with Gasteiger partial charge in [0.2, 0.25) is 11.6 Å². The minimum atomic E-state index is -0.466. The zero-order valence-corrected chi connectivity index (χ0v) is 13.1. The molecule has 0 unspecified atom stereocenters. The van der Waals surface area contributed by atoms with Crippen molar-refractivity contribution in [1.82, 2.24) is 0 Å². The van der Waals surface area contributed by atoms with Crippen LogP contribution in [0.15, 0.2) is 60.7 Å². The van der Waals surface area contributed by atoms with Crippen LogP contribution in [-0.2, 0) is 9.59 Å². The molecular formula is C19H18O4. The van der Waals surface area contributed by atoms with Crippen LogP contribution in [-0.4, -0.2) is 23.1 Å². The highest BCUT2D eigenvalue weighted by Crippen LogP contribution is 2.07. The van der Waals surface area contributed by atoms with Gasteiger partial charge in [-0.25, -0.2) is 0 Å². The lowest BCUT2D eigenvalue weighted by Crippen LogP contribution is -2.14. The first kappa shape index (κ1) is 18.2. The number of Topliss-reactive ketones (excluding diaryl/α,β-unsaturated/α-hetero) is 4. The zero-order valence-electron chi connectivity index (χ0n) is 13.1. The Labute approximate surface area is 135 Å². The molecule has 118 valence electrons. The number of ketones is 4. The van der Waals surface area contributed by atoms with Crippen LogP contribution in [0.3, 0.4) is 0 Å². The minimum absolute atomic E-state index is 0.292. The van der Waals surface area contributed by atoms with Gasteiger partial charge >= 0.3 is 0 Å². The Morgan fingerprint density at radius 3 is 1.26 bits per heavy atom. The van der Waals surface area contributed by atoms with E-state index in [1.807, 2.05) is 12.1 Å². The fraction of sp³-hybridized carbons (Fsp3) is 0.158. The predicted octanol–water partition coefficient (Wildman–Crippen LogP) is 3.31. The van der Waals surface area contributed by atoms with Crippen LogP contribution in [0, 0.1) is 0 Å². The topological polar surface area (TPSA) is 68.3 Å². The Kier molecular flexibility index (Phi) is 7.27. The van der Waals surface area contributed by atoms with Crippen LogP contribution in [0.1, 0.15) is 41.0 Å². The Morgan fingerprint density at radius 1 is 0.696 bits per heavy atom. The molecule has 0 aliphatic carbocycles. The predicted molar refractivity (Wildman–Crippen MR) is 87.5 cm³/mol. The summed E-state index contributed by atoms with van der Waals surface area (Å²) in [4.78, 5) is 43.8. The second-order valence-electron chi connectivity index (χ2n) is 4.72. The van der Waals surface area contributed by atoms with Crippen LogP contribution in [0.2, 0.25) is 0 Å². The van der Waals surface area contributed by atoms with E-state index in [9.17, 15) is 19.2 Å². The molecule has 0 N–H and O–H groups in total. The lowest BCUT2D eigenvalue weighted by molar-refractivity contribution is -0.135. The Bertz CT molecular complexity index is 638. The molecule has 23 heavy (non-hydrogen) atoms. The molecule has 4 heteroatoms. The van der Waals surface area contributed by atoms with Crippen molar-refractivity contribution in [2.24, 2.45) is 0 Å². The highest BCUT2D eigenvalue weighted by atomic mass is 16.2. The first-order valence-electron chi connectivity index (χ1n) is 7.20. The van der Waals surface area contributed by atoms with Crippen molar-refractivity contribution in [3.63, 3.8) is 0 Å². The van der Waals surface area contributed by atoms with Gasteiger partial charge in [0.05, 0.1) is 0 Å². The Hall–Kier alpha value is -2.88. The summed E-state index contributed by atoms with van der Waals surface area (Å²) < 4.78 is 0. The SMILES string of the molecule is CCC(=O)C(C)=O.O=C(C(=O)c1ccccc1)c1ccccc1. The molecule has 2 rings (SSSR count). The van der Waals surface area contributed by atoms with E-state index in [-0.39, 0.29) is 11.6 Å². The lowest BCUT2D eigenvalue weighted by Gasteiger charge is -1.99. The second kappa shape index (κ2) is 9.20. The van der Waals surface area contributed by atoms with E-state index in [0.717, 1.165) is 0 Å². The van der Waals surface area contributed by atoms with Crippen molar-refractivity contribution in [2.75, 3.05) is 0 Å². The van der Waals surface area contributed by atoms with Gasteiger partial charge in [-0.3, -0.25) is 19.2 Å². The van der Waals surface area contributed by atoms with Gasteiger partial charge < -0.3 is 0 Å². The molecular weight excluding hydrogens is 292 g/mol. The van der Waals surface area contributed by atoms with Crippen molar-refractivity contribution in [1.29, 1.82) is 0 Å². The van der Waals surface area contributed by atoms with Gasteiger partial charge in [-0.2, -0.15) is 0 Å². The smallest absolute Gasteiger partial charge is 0.233 e. The first-order valence-corrected chi connectivity index (χ1v) is 7.20. The van der Waals surface area contributed by atoms with Gasteiger partial charge in [0, 0.05) is 24.5 Å². The summed E-state index contributed by atoms with van der Waals surface area (Å²) in [6, 6.07) is 17.2. The number of hydrogen-bond donors (Lipinski definition) is 0. The molecule has 0 heterocycles. The van der Waals surface area contributed by atoms with Gasteiger partial charge in [0.1, 0.15) is 0 Å². The molecule has 0 saturated heterocycles. The third-order valence-electron chi connectivity index (χ3n) is 2.99. The molecule has 0 atom stereocenters. The van der Waals surface area contributed by atoms with Gasteiger partial charge in [0.25, 0.3) is 0 Å². The number of benzene rings is 2. The largest absolute Gasteiger partial charge is 0.291 e. The van der Waals surface area contributed by atoms with Crippen LogP contribution in [0.25, 0.3) is 0 Å². The van der Waals surface area contributed by atoms with Crippen LogP contribution in [0.5, 0.6) is 0 Å². The Morgan fingerprint density at radius 2 is 1.04 bits per heavy atom. The quantitative estimate of drug-likeness (QED) is 0.627. The molecule has 0 aliphatic rings. The molecule has 0 radical (unpaired) electrons. The zero-order chi connectivity index (χ0) is 17.2. The minimum Gasteiger partial charge on any atom is -0.291 e. The van der Waals surface area contributed by atoms with Crippen molar-refractivity contribution >= 4 is 23.1 Å². The average Bonchev–Trinajstić information content (AvgIpc) is 2.61. The van der Waals surface area contributed by atoms with Gasteiger partial charge in [0.15, 0.2) is 11.6 Å². The summed E-state index contributed by atoms with van der Waals surface area (Å²) in [5.41, 5.74) is 0.854. The Balaban J connectivity index is 0.000000322. The summed E-state index contributed by atoms with van der Waals surface area (Å²) in [5, 5.41) is 0. The number of carbonyl (C=O) groups excluding carboxylic acids is 4. The fourth-order valence-electron chi connectivity index (χ4n) is 1.69. The number of rotatable bonds is 5. The second-order valence-corrected chi connectivity index (χ2v) is 4.72. The fourth-order valence-corrected chi connectivity index (χ4v) is 1.69. The van der Waals surface area contributed by atoms with E-state index in [0.29, 0.717) is 17.5 Å². The van der Waals surface area contributed by atoms with E-state index in [1.54, 1.807) is 55.5 Å². The van der Waals surface area contributed by atoms with Gasteiger partial charge in [-0.05, 0) is 0 Å². The van der Waals surface area contributed by atoms with E-state index >= 15 is 0 Å². The maximum absolute atomic E-state index is 11.8. The molecule has 0 aromatic heterocycles. The molecule has 0 bridgehead atoms. The van der Waals surface area contributed by atoms with Crippen molar-refractivity contribution in [3.8, 4) is 0 Å². The van der Waals surface area contributed by atoms with Gasteiger partial charge in [-0.1, -0.05) is 67.6 Å². The van der Waals surface area contributed by atoms with Crippen molar-refractivity contribution in [2.45, 2.75) is 20.3 Å². The molecule has 0 spiro atoms. The van der Waals surface area contributed by atoms with Crippen LogP contribution >= 0.6 is 0 Å². The maximum Gasteiger partial charge on any atom is 0.233 e. The summed E-state index contributed by atoms with van der Waals surface area (Å²) in [6.45, 7) is 2.95. The molecule has 0 aliphatic heterocycles. The maximum atomic E-state index is 11.8. The average molecular weight is 310 g/mol. The summed E-state index contributed by atoms with van der Waals surface area (Å²) in [7, 11) is 0. The highest BCUT2D eigenvalue weighted by molar-refractivity contribution is 6.49. The third kappa shape index (κ3) is 5.79. The molecule has 0 fully saturated rings. The third-order valence-corrected chi connectivity index (χ3v) is 2.99. The molecule has 0 amide bonds. The van der Waals surface area contributed by atoms with Crippen molar-refractivity contribution in [3.05, 3.63) is 71.8 Å². The number of hydrogen-bond acceptors (Lipinski definition) is 4. The van der Waals surface area contributed by atoms with E-state index < -0.39 is 11.6 Å². The van der Waals surface area contributed by atoms with E-state index in [2.05, 4.69) is 0 Å². The first-order chi connectivity index (χ1) is 11.0. The number of carbonyl (C=O) groups is 4. The van der Waals surface area contributed by atoms with Crippen LogP contribution < -0.4 is 0 Å². The molecule has 2 aromatic carbocycles. The normalized spacial score (nSPS) is 9.30. The summed E-state index contributed by atoms with van der Waals surface area (Å²) in [5.74, 6) is -1.57. The molecule has 4 nitrogen and oxygen atoms in total. The van der Waals surface area contributed by atoms with Crippen molar-refractivity contribution < 1.29 is 19.2 Å². The molecule has 0 saturated carbocycles. The van der Waals surface area contributed by atoms with Gasteiger partial charge in [-0.15, -0.1) is 0 Å². The standard InChI is InChI=1S/C14H10O2.C5H8O2/c15-13(11-7-3-1-4-8-11)14(16)12-9-5-2-6-10-12;1-3-5(7)4(2)6/h1-10H;3H2,1-2H3. The lowest BCUT2D eigenvalue weighted by atomic mass is 10.0. The molecule has 2 aromatic rings. The highest BCUT2D eigenvalue weighted by Gasteiger charge is 2.16. The van der Waals surface area contributed by atoms with E-state index in [1.165, 1.54) is 6.92 Å².